The molecule has 2 aliphatic rings. The Morgan fingerprint density at radius 2 is 1.93 bits per heavy atom. The third-order valence-corrected chi connectivity index (χ3v) is 6.17. The van der Waals surface area contributed by atoms with Gasteiger partial charge < -0.3 is 19.6 Å². The Labute approximate surface area is 178 Å². The van der Waals surface area contributed by atoms with E-state index in [1.807, 2.05) is 43.0 Å². The first-order valence-corrected chi connectivity index (χ1v) is 11.0. The molecule has 2 saturated heterocycles. The molecule has 1 amide bonds. The first-order chi connectivity index (χ1) is 14.6. The van der Waals surface area contributed by atoms with Crippen LogP contribution in [0.4, 0.5) is 0 Å². The molecule has 0 bridgehead atoms. The van der Waals surface area contributed by atoms with Crippen LogP contribution < -0.4 is 0 Å². The number of hydrogen-bond acceptors (Lipinski definition) is 5. The Kier molecular flexibility index (Phi) is 6.51. The number of morpholine rings is 1. The summed E-state index contributed by atoms with van der Waals surface area (Å²) in [5.74, 6) is 0.00803. The van der Waals surface area contributed by atoms with E-state index in [-0.39, 0.29) is 24.2 Å². The van der Waals surface area contributed by atoms with Gasteiger partial charge in [-0.25, -0.2) is 0 Å². The van der Waals surface area contributed by atoms with Crippen molar-refractivity contribution >= 4 is 5.91 Å². The molecule has 1 N–H and O–H groups in total. The number of aryl methyl sites for hydroxylation is 2. The number of rotatable bonds is 5. The number of piperidine rings is 1. The van der Waals surface area contributed by atoms with Crippen LogP contribution in [0.3, 0.4) is 0 Å². The zero-order valence-electron chi connectivity index (χ0n) is 17.9. The highest BCUT2D eigenvalue weighted by molar-refractivity contribution is 5.93. The molecular formula is C23H32N4O3. The zero-order valence-corrected chi connectivity index (χ0v) is 17.9. The first kappa shape index (κ1) is 21.0. The summed E-state index contributed by atoms with van der Waals surface area (Å²) in [6.45, 7) is 8.14. The van der Waals surface area contributed by atoms with Crippen LogP contribution in [-0.2, 0) is 11.3 Å². The van der Waals surface area contributed by atoms with Gasteiger partial charge >= 0.3 is 0 Å². The van der Waals surface area contributed by atoms with Crippen LogP contribution in [-0.4, -0.2) is 75.6 Å². The summed E-state index contributed by atoms with van der Waals surface area (Å²) in [4.78, 5) is 17.9. The van der Waals surface area contributed by atoms with Crippen molar-refractivity contribution in [1.82, 2.24) is 19.6 Å². The van der Waals surface area contributed by atoms with E-state index in [0.29, 0.717) is 25.4 Å². The van der Waals surface area contributed by atoms with E-state index < -0.39 is 0 Å². The third kappa shape index (κ3) is 4.43. The smallest absolute Gasteiger partial charge is 0.272 e. The largest absolute Gasteiger partial charge is 0.393 e. The number of benzene rings is 1. The summed E-state index contributed by atoms with van der Waals surface area (Å²) in [7, 11) is 0. The number of amides is 1. The van der Waals surface area contributed by atoms with E-state index in [9.17, 15) is 9.90 Å². The van der Waals surface area contributed by atoms with Crippen LogP contribution in [0.5, 0.6) is 0 Å². The van der Waals surface area contributed by atoms with Crippen LogP contribution in [0.2, 0.25) is 0 Å². The lowest BCUT2D eigenvalue weighted by molar-refractivity contribution is -0.0773. The van der Waals surface area contributed by atoms with Crippen LogP contribution in [0.25, 0.3) is 0 Å². The molecule has 2 aliphatic heterocycles. The Hall–Kier alpha value is -2.22. The maximum Gasteiger partial charge on any atom is 0.272 e. The standard InChI is InChI=1S/C23H32N4O3/c1-3-27-20(15-17(2)24-27)23(29)26-13-14-30-21(16-25-11-9-19(28)10-12-25)22(26)18-7-5-4-6-8-18/h4-8,15,19,21-22,28H,3,9-14,16H2,1-2H3/t21-,22-/m0/s1. The molecule has 30 heavy (non-hydrogen) atoms. The second-order valence-corrected chi connectivity index (χ2v) is 8.28. The third-order valence-electron chi connectivity index (χ3n) is 6.17. The fourth-order valence-corrected chi connectivity index (χ4v) is 4.62. The molecule has 0 spiro atoms. The second-order valence-electron chi connectivity index (χ2n) is 8.28. The van der Waals surface area contributed by atoms with Crippen molar-refractivity contribution in [3.8, 4) is 0 Å². The minimum atomic E-state index is -0.200. The maximum absolute atomic E-state index is 13.6. The number of aromatic nitrogens is 2. The quantitative estimate of drug-likeness (QED) is 0.816. The lowest BCUT2D eigenvalue weighted by Crippen LogP contribution is -2.53. The number of carbonyl (C=O) groups is 1. The number of nitrogens with zero attached hydrogens (tertiary/aromatic N) is 4. The Morgan fingerprint density at radius 3 is 2.63 bits per heavy atom. The minimum Gasteiger partial charge on any atom is -0.393 e. The Balaban J connectivity index is 1.62. The minimum absolute atomic E-state index is 0.00803. The summed E-state index contributed by atoms with van der Waals surface area (Å²) in [6, 6.07) is 11.9. The monoisotopic (exact) mass is 412 g/mol. The van der Waals surface area contributed by atoms with Gasteiger partial charge in [-0.05, 0) is 38.3 Å². The molecule has 2 fully saturated rings. The van der Waals surface area contributed by atoms with Gasteiger partial charge in [0.2, 0.25) is 0 Å². The molecule has 1 aromatic heterocycles. The van der Waals surface area contributed by atoms with Gasteiger partial charge in [0.25, 0.3) is 5.91 Å². The molecule has 0 saturated carbocycles. The summed E-state index contributed by atoms with van der Waals surface area (Å²) in [5, 5.41) is 14.3. The average Bonchev–Trinajstić information content (AvgIpc) is 3.16. The summed E-state index contributed by atoms with van der Waals surface area (Å²) < 4.78 is 8.02. The number of aliphatic hydroxyl groups excluding tert-OH is 1. The maximum atomic E-state index is 13.6. The van der Waals surface area contributed by atoms with E-state index in [1.54, 1.807) is 4.68 Å². The summed E-state index contributed by atoms with van der Waals surface area (Å²) in [6.07, 6.45) is 1.27. The van der Waals surface area contributed by atoms with Crippen molar-refractivity contribution < 1.29 is 14.6 Å². The molecule has 4 rings (SSSR count). The van der Waals surface area contributed by atoms with Crippen LogP contribution in [0, 0.1) is 6.92 Å². The zero-order chi connectivity index (χ0) is 21.1. The second kappa shape index (κ2) is 9.29. The highest BCUT2D eigenvalue weighted by Gasteiger charge is 2.38. The van der Waals surface area contributed by atoms with Gasteiger partial charge in [0.15, 0.2) is 0 Å². The normalized spacial score (nSPS) is 23.6. The van der Waals surface area contributed by atoms with Crippen molar-refractivity contribution in [2.24, 2.45) is 0 Å². The highest BCUT2D eigenvalue weighted by Crippen LogP contribution is 2.32. The summed E-state index contributed by atoms with van der Waals surface area (Å²) in [5.41, 5.74) is 2.58. The molecule has 3 heterocycles. The lowest BCUT2D eigenvalue weighted by atomic mass is 9.96. The van der Waals surface area contributed by atoms with Crippen molar-refractivity contribution in [3.05, 3.63) is 53.3 Å². The van der Waals surface area contributed by atoms with Gasteiger partial charge in [0.1, 0.15) is 5.69 Å². The van der Waals surface area contributed by atoms with Crippen molar-refractivity contribution in [3.63, 3.8) is 0 Å². The first-order valence-electron chi connectivity index (χ1n) is 11.0. The van der Waals surface area contributed by atoms with Crippen molar-refractivity contribution in [2.45, 2.75) is 51.5 Å². The fourth-order valence-electron chi connectivity index (χ4n) is 4.62. The molecule has 2 atom stereocenters. The van der Waals surface area contributed by atoms with Gasteiger partial charge in [-0.15, -0.1) is 0 Å². The number of carbonyl (C=O) groups excluding carboxylic acids is 1. The van der Waals surface area contributed by atoms with E-state index in [0.717, 1.165) is 43.7 Å². The molecule has 0 aliphatic carbocycles. The summed E-state index contributed by atoms with van der Waals surface area (Å²) >= 11 is 0. The Bertz CT molecular complexity index is 845. The van der Waals surface area contributed by atoms with E-state index in [4.69, 9.17) is 4.74 Å². The predicted octanol–water partition coefficient (Wildman–Crippen LogP) is 2.25. The molecule has 7 nitrogen and oxygen atoms in total. The van der Waals surface area contributed by atoms with Crippen LogP contribution >= 0.6 is 0 Å². The number of likely N-dealkylation sites (tertiary alicyclic amines) is 1. The molecule has 0 radical (unpaired) electrons. The van der Waals surface area contributed by atoms with Crippen molar-refractivity contribution in [2.75, 3.05) is 32.8 Å². The predicted molar refractivity (Wildman–Crippen MR) is 114 cm³/mol. The number of ether oxygens (including phenoxy) is 1. The molecule has 0 unspecified atom stereocenters. The van der Waals surface area contributed by atoms with Gasteiger partial charge in [0.05, 0.1) is 30.6 Å². The van der Waals surface area contributed by atoms with Crippen molar-refractivity contribution in [1.29, 1.82) is 0 Å². The molecule has 2 aromatic rings. The van der Waals surface area contributed by atoms with Crippen LogP contribution in [0.15, 0.2) is 36.4 Å². The molecule has 7 heteroatoms. The van der Waals surface area contributed by atoms with Gasteiger partial charge in [0, 0.05) is 32.7 Å². The fraction of sp³-hybridized carbons (Fsp3) is 0.565. The van der Waals surface area contributed by atoms with Gasteiger partial charge in [-0.2, -0.15) is 5.10 Å². The van der Waals surface area contributed by atoms with Gasteiger partial charge in [-0.3, -0.25) is 9.48 Å². The van der Waals surface area contributed by atoms with E-state index >= 15 is 0 Å². The number of hydrogen-bond donors (Lipinski definition) is 1. The SMILES string of the molecule is CCn1nc(C)cc1C(=O)N1CCO[C@@H](CN2CCC(O)CC2)[C@@H]1c1ccccc1. The number of aliphatic hydroxyl groups is 1. The lowest BCUT2D eigenvalue weighted by Gasteiger charge is -2.44. The van der Waals surface area contributed by atoms with Crippen LogP contribution in [0.1, 0.15) is 47.6 Å². The van der Waals surface area contributed by atoms with E-state index in [2.05, 4.69) is 22.1 Å². The molecule has 1 aromatic carbocycles. The van der Waals surface area contributed by atoms with Gasteiger partial charge in [-0.1, -0.05) is 30.3 Å². The highest BCUT2D eigenvalue weighted by atomic mass is 16.5. The molecule has 162 valence electrons. The average molecular weight is 413 g/mol. The topological polar surface area (TPSA) is 70.8 Å². The molecular weight excluding hydrogens is 380 g/mol. The Morgan fingerprint density at radius 1 is 1.20 bits per heavy atom. The van der Waals surface area contributed by atoms with E-state index in [1.165, 1.54) is 0 Å².